The molecule has 0 spiro atoms. The molecular formula is C22H31N5O2. The van der Waals surface area contributed by atoms with E-state index in [4.69, 9.17) is 10.2 Å². The highest BCUT2D eigenvalue weighted by Crippen LogP contribution is 2.20. The molecule has 2 atom stereocenters. The average Bonchev–Trinajstić information content (AvgIpc) is 3.19. The first kappa shape index (κ1) is 20.9. The third-order valence-electron chi connectivity index (χ3n) is 5.22. The summed E-state index contributed by atoms with van der Waals surface area (Å²) in [5.41, 5.74) is 6.59. The molecule has 7 nitrogen and oxygen atoms in total. The zero-order valence-electron chi connectivity index (χ0n) is 17.2. The van der Waals surface area contributed by atoms with Gasteiger partial charge in [-0.1, -0.05) is 30.3 Å². The normalized spacial score (nSPS) is 20.4. The minimum absolute atomic E-state index is 0.160. The summed E-state index contributed by atoms with van der Waals surface area (Å²) in [5, 5.41) is 6.84. The Morgan fingerprint density at radius 2 is 2.07 bits per heavy atom. The SMILES string of the molecule is CCNC(=NCc1ccc(C(N)=O)o1)NC1CCN(Cc2ccccc2)C(C)C1. The number of nitrogens with one attached hydrogen (secondary N) is 2. The number of carbonyl (C=O) groups excluding carboxylic acids is 1. The van der Waals surface area contributed by atoms with Crippen LogP contribution in [0.25, 0.3) is 0 Å². The number of amides is 1. The predicted molar refractivity (Wildman–Crippen MR) is 115 cm³/mol. The first-order valence-corrected chi connectivity index (χ1v) is 10.3. The van der Waals surface area contributed by atoms with E-state index < -0.39 is 5.91 Å². The van der Waals surface area contributed by atoms with E-state index in [2.05, 4.69) is 57.8 Å². The molecule has 1 saturated heterocycles. The standard InChI is InChI=1S/C22H31N5O2/c1-3-24-22(25-14-19-9-10-20(29-19)21(23)28)26-18-11-12-27(16(2)13-18)15-17-7-5-4-6-8-17/h4-10,16,18H,3,11-15H2,1-2H3,(H2,23,28)(H2,24,25,26). The van der Waals surface area contributed by atoms with Gasteiger partial charge in [-0.05, 0) is 44.4 Å². The molecule has 29 heavy (non-hydrogen) atoms. The Hall–Kier alpha value is -2.80. The predicted octanol–water partition coefficient (Wildman–Crippen LogP) is 2.49. The Balaban J connectivity index is 1.54. The highest BCUT2D eigenvalue weighted by atomic mass is 16.3. The summed E-state index contributed by atoms with van der Waals surface area (Å²) in [4.78, 5) is 18.3. The van der Waals surface area contributed by atoms with E-state index >= 15 is 0 Å². The third-order valence-corrected chi connectivity index (χ3v) is 5.22. The maximum atomic E-state index is 11.2. The van der Waals surface area contributed by atoms with Crippen LogP contribution in [0.5, 0.6) is 0 Å². The van der Waals surface area contributed by atoms with Crippen LogP contribution in [-0.2, 0) is 13.1 Å². The number of carbonyl (C=O) groups is 1. The number of likely N-dealkylation sites (tertiary alicyclic amines) is 1. The molecule has 0 radical (unpaired) electrons. The van der Waals surface area contributed by atoms with Crippen molar-refractivity contribution in [3.63, 3.8) is 0 Å². The van der Waals surface area contributed by atoms with Crippen LogP contribution in [-0.4, -0.2) is 41.9 Å². The minimum atomic E-state index is -0.568. The van der Waals surface area contributed by atoms with Gasteiger partial charge in [-0.2, -0.15) is 0 Å². The van der Waals surface area contributed by atoms with Crippen LogP contribution in [0.1, 0.15) is 48.6 Å². The molecule has 156 valence electrons. The van der Waals surface area contributed by atoms with E-state index in [0.29, 0.717) is 24.4 Å². The molecule has 2 heterocycles. The number of hydrogen-bond donors (Lipinski definition) is 3. The van der Waals surface area contributed by atoms with Crippen molar-refractivity contribution in [1.82, 2.24) is 15.5 Å². The van der Waals surface area contributed by atoms with E-state index in [9.17, 15) is 4.79 Å². The van der Waals surface area contributed by atoms with Crippen LogP contribution < -0.4 is 16.4 Å². The fourth-order valence-electron chi connectivity index (χ4n) is 3.67. The molecule has 4 N–H and O–H groups in total. The van der Waals surface area contributed by atoms with Crippen molar-refractivity contribution in [2.45, 2.75) is 51.9 Å². The lowest BCUT2D eigenvalue weighted by Gasteiger charge is -2.38. The van der Waals surface area contributed by atoms with Gasteiger partial charge in [-0.15, -0.1) is 0 Å². The number of nitrogens with zero attached hydrogens (tertiary/aromatic N) is 2. The second-order valence-corrected chi connectivity index (χ2v) is 7.50. The molecule has 1 aromatic heterocycles. The molecule has 0 bridgehead atoms. The van der Waals surface area contributed by atoms with Crippen LogP contribution in [0.3, 0.4) is 0 Å². The van der Waals surface area contributed by atoms with Gasteiger partial charge >= 0.3 is 0 Å². The lowest BCUT2D eigenvalue weighted by molar-refractivity contribution is 0.0972. The fourth-order valence-corrected chi connectivity index (χ4v) is 3.67. The van der Waals surface area contributed by atoms with Crippen molar-refractivity contribution in [2.24, 2.45) is 10.7 Å². The van der Waals surface area contributed by atoms with Crippen molar-refractivity contribution >= 4 is 11.9 Å². The van der Waals surface area contributed by atoms with Gasteiger partial charge < -0.3 is 20.8 Å². The summed E-state index contributed by atoms with van der Waals surface area (Å²) in [7, 11) is 0. The van der Waals surface area contributed by atoms with Crippen molar-refractivity contribution < 1.29 is 9.21 Å². The number of guanidine groups is 1. The molecule has 1 aromatic carbocycles. The maximum absolute atomic E-state index is 11.2. The molecule has 0 saturated carbocycles. The second kappa shape index (κ2) is 10.1. The lowest BCUT2D eigenvalue weighted by Crippen LogP contribution is -2.51. The molecular weight excluding hydrogens is 366 g/mol. The van der Waals surface area contributed by atoms with E-state index in [1.165, 1.54) is 5.56 Å². The fraction of sp³-hybridized carbons (Fsp3) is 0.455. The molecule has 1 fully saturated rings. The summed E-state index contributed by atoms with van der Waals surface area (Å²) in [6.07, 6.45) is 2.12. The number of hydrogen-bond acceptors (Lipinski definition) is 4. The molecule has 1 aliphatic rings. The Morgan fingerprint density at radius 3 is 2.72 bits per heavy atom. The van der Waals surface area contributed by atoms with E-state index in [0.717, 1.165) is 38.4 Å². The quantitative estimate of drug-likeness (QED) is 0.493. The molecule has 1 amide bonds. The number of rotatable bonds is 7. The van der Waals surface area contributed by atoms with Crippen molar-refractivity contribution in [3.05, 3.63) is 59.5 Å². The molecule has 2 aromatic rings. The Kier molecular flexibility index (Phi) is 7.30. The van der Waals surface area contributed by atoms with Gasteiger partial charge in [0.1, 0.15) is 12.3 Å². The monoisotopic (exact) mass is 397 g/mol. The largest absolute Gasteiger partial charge is 0.454 e. The van der Waals surface area contributed by atoms with Crippen molar-refractivity contribution in [3.8, 4) is 0 Å². The molecule has 3 rings (SSSR count). The second-order valence-electron chi connectivity index (χ2n) is 7.50. The van der Waals surface area contributed by atoms with Crippen LogP contribution in [0, 0.1) is 0 Å². The number of benzene rings is 1. The van der Waals surface area contributed by atoms with Gasteiger partial charge in [0.2, 0.25) is 0 Å². The van der Waals surface area contributed by atoms with E-state index in [1.54, 1.807) is 12.1 Å². The molecule has 7 heteroatoms. The van der Waals surface area contributed by atoms with Crippen LogP contribution in [0.2, 0.25) is 0 Å². The summed E-state index contributed by atoms with van der Waals surface area (Å²) >= 11 is 0. The van der Waals surface area contributed by atoms with Crippen molar-refractivity contribution in [1.29, 1.82) is 0 Å². The zero-order valence-corrected chi connectivity index (χ0v) is 17.2. The summed E-state index contributed by atoms with van der Waals surface area (Å²) < 4.78 is 5.41. The van der Waals surface area contributed by atoms with Gasteiger partial charge in [-0.3, -0.25) is 9.69 Å². The number of nitrogens with two attached hydrogens (primary N) is 1. The minimum Gasteiger partial charge on any atom is -0.454 e. The first-order valence-electron chi connectivity index (χ1n) is 10.3. The van der Waals surface area contributed by atoms with Crippen LogP contribution in [0.15, 0.2) is 51.9 Å². The number of primary amides is 1. The zero-order chi connectivity index (χ0) is 20.6. The average molecular weight is 398 g/mol. The molecule has 0 aliphatic carbocycles. The Labute approximate surface area is 172 Å². The van der Waals surface area contributed by atoms with Crippen molar-refractivity contribution in [2.75, 3.05) is 13.1 Å². The van der Waals surface area contributed by atoms with E-state index in [-0.39, 0.29) is 5.76 Å². The maximum Gasteiger partial charge on any atom is 0.284 e. The van der Waals surface area contributed by atoms with Gasteiger partial charge in [0.25, 0.3) is 5.91 Å². The van der Waals surface area contributed by atoms with E-state index in [1.807, 2.05) is 6.92 Å². The number of piperidine rings is 1. The number of furan rings is 1. The van der Waals surface area contributed by atoms with Gasteiger partial charge in [-0.25, -0.2) is 4.99 Å². The van der Waals surface area contributed by atoms with Gasteiger partial charge in [0.05, 0.1) is 0 Å². The first-order chi connectivity index (χ1) is 14.0. The number of aliphatic imine (C=N–C) groups is 1. The van der Waals surface area contributed by atoms with Crippen LogP contribution >= 0.6 is 0 Å². The lowest BCUT2D eigenvalue weighted by atomic mass is 9.97. The highest BCUT2D eigenvalue weighted by molar-refractivity contribution is 5.89. The van der Waals surface area contributed by atoms with Gasteiger partial charge in [0.15, 0.2) is 11.7 Å². The topological polar surface area (TPSA) is 95.9 Å². The summed E-state index contributed by atoms with van der Waals surface area (Å²) in [6.45, 7) is 7.50. The highest BCUT2D eigenvalue weighted by Gasteiger charge is 2.26. The third kappa shape index (κ3) is 6.09. The Morgan fingerprint density at radius 1 is 1.28 bits per heavy atom. The van der Waals surface area contributed by atoms with Gasteiger partial charge in [0, 0.05) is 31.7 Å². The smallest absolute Gasteiger partial charge is 0.284 e. The summed E-state index contributed by atoms with van der Waals surface area (Å²) in [5.74, 6) is 0.967. The van der Waals surface area contributed by atoms with Crippen LogP contribution in [0.4, 0.5) is 0 Å². The summed E-state index contributed by atoms with van der Waals surface area (Å²) in [6, 6.07) is 14.8. The molecule has 2 unspecified atom stereocenters. The Bertz CT molecular complexity index is 818. The molecule has 1 aliphatic heterocycles.